The molecule has 2 N–H and O–H groups in total. The van der Waals surface area contributed by atoms with Crippen LogP contribution in [0.1, 0.15) is 38.3 Å². The summed E-state index contributed by atoms with van der Waals surface area (Å²) in [6.45, 7) is 6.56. The monoisotopic (exact) mass is 297 g/mol. The number of rotatable bonds is 6. The van der Waals surface area contributed by atoms with E-state index in [0.717, 1.165) is 12.0 Å². The van der Waals surface area contributed by atoms with E-state index in [1.165, 1.54) is 0 Å². The molecule has 5 heteroatoms. The number of nitrogens with one attached hydrogen (secondary N) is 1. The maximum absolute atomic E-state index is 12.4. The largest absolute Gasteiger partial charge is 0.392 e. The molecule has 0 heterocycles. The van der Waals surface area contributed by atoms with Crippen molar-refractivity contribution in [3.05, 3.63) is 29.3 Å². The molecule has 1 aliphatic rings. The third kappa shape index (κ3) is 3.22. The Morgan fingerprint density at radius 1 is 1.40 bits per heavy atom. The fraction of sp³-hybridized carbons (Fsp3) is 0.600. The summed E-state index contributed by atoms with van der Waals surface area (Å²) in [5.74, 6) is 0.420. The van der Waals surface area contributed by atoms with E-state index in [2.05, 4.69) is 18.6 Å². The summed E-state index contributed by atoms with van der Waals surface area (Å²) >= 11 is 0. The maximum Gasteiger partial charge on any atom is 0.240 e. The van der Waals surface area contributed by atoms with Crippen molar-refractivity contribution in [2.24, 2.45) is 11.3 Å². The van der Waals surface area contributed by atoms with Crippen molar-refractivity contribution in [1.29, 1.82) is 0 Å². The summed E-state index contributed by atoms with van der Waals surface area (Å²) in [4.78, 5) is 0.296. The normalized spacial score (nSPS) is 20.9. The van der Waals surface area contributed by atoms with Crippen molar-refractivity contribution in [2.75, 3.05) is 6.54 Å². The Kier molecular flexibility index (Phi) is 4.23. The number of hydrogen-bond donors (Lipinski definition) is 2. The molecule has 2 rings (SSSR count). The summed E-state index contributed by atoms with van der Waals surface area (Å²) in [6.07, 6.45) is 1.71. The van der Waals surface area contributed by atoms with Crippen LogP contribution in [-0.4, -0.2) is 20.1 Å². The van der Waals surface area contributed by atoms with Crippen LogP contribution in [0.4, 0.5) is 0 Å². The molecule has 0 spiro atoms. The highest BCUT2D eigenvalue weighted by Gasteiger charge is 2.45. The topological polar surface area (TPSA) is 66.4 Å². The Labute approximate surface area is 121 Å². The molecular formula is C15H23NO3S. The highest BCUT2D eigenvalue weighted by molar-refractivity contribution is 7.89. The van der Waals surface area contributed by atoms with Gasteiger partial charge in [0.05, 0.1) is 11.5 Å². The minimum Gasteiger partial charge on any atom is -0.392 e. The summed E-state index contributed by atoms with van der Waals surface area (Å²) < 4.78 is 27.6. The smallest absolute Gasteiger partial charge is 0.240 e. The molecule has 112 valence electrons. The van der Waals surface area contributed by atoms with E-state index in [-0.39, 0.29) is 12.0 Å². The highest BCUT2D eigenvalue weighted by atomic mass is 32.2. The molecule has 1 aromatic rings. The van der Waals surface area contributed by atoms with Gasteiger partial charge in [0.25, 0.3) is 0 Å². The van der Waals surface area contributed by atoms with Gasteiger partial charge in [-0.3, -0.25) is 0 Å². The van der Waals surface area contributed by atoms with Crippen LogP contribution >= 0.6 is 0 Å². The van der Waals surface area contributed by atoms with Gasteiger partial charge in [0.2, 0.25) is 10.0 Å². The third-order valence-corrected chi connectivity index (χ3v) is 5.73. The van der Waals surface area contributed by atoms with Gasteiger partial charge in [-0.15, -0.1) is 0 Å². The van der Waals surface area contributed by atoms with Crippen molar-refractivity contribution >= 4 is 10.0 Å². The first-order valence-corrected chi connectivity index (χ1v) is 8.51. The number of aliphatic hydroxyl groups excluding tert-OH is 1. The second-order valence-corrected chi connectivity index (χ2v) is 7.93. The molecule has 0 aromatic heterocycles. The molecular weight excluding hydrogens is 274 g/mol. The lowest BCUT2D eigenvalue weighted by molar-refractivity contribution is 0.281. The first kappa shape index (κ1) is 15.5. The number of hydrogen-bond acceptors (Lipinski definition) is 3. The quantitative estimate of drug-likeness (QED) is 0.844. The molecule has 0 radical (unpaired) electrons. The Morgan fingerprint density at radius 2 is 2.05 bits per heavy atom. The minimum absolute atomic E-state index is 0.151. The molecule has 1 saturated carbocycles. The van der Waals surface area contributed by atoms with Crippen LogP contribution in [0, 0.1) is 11.3 Å². The molecule has 0 aliphatic heterocycles. The third-order valence-electron chi connectivity index (χ3n) is 4.22. The van der Waals surface area contributed by atoms with Crippen molar-refractivity contribution < 1.29 is 13.5 Å². The summed E-state index contributed by atoms with van der Waals surface area (Å²) in [5, 5.41) is 9.17. The van der Waals surface area contributed by atoms with Crippen molar-refractivity contribution in [2.45, 2.75) is 45.1 Å². The van der Waals surface area contributed by atoms with E-state index < -0.39 is 10.0 Å². The van der Waals surface area contributed by atoms with Crippen molar-refractivity contribution in [3.8, 4) is 0 Å². The molecule has 0 amide bonds. The van der Waals surface area contributed by atoms with Crippen LogP contribution in [0.2, 0.25) is 0 Å². The lowest BCUT2D eigenvalue weighted by Gasteiger charge is -2.12. The number of aliphatic hydroxyl groups is 1. The first-order valence-electron chi connectivity index (χ1n) is 7.02. The Balaban J connectivity index is 2.19. The van der Waals surface area contributed by atoms with Gasteiger partial charge >= 0.3 is 0 Å². The first-order chi connectivity index (χ1) is 9.30. The van der Waals surface area contributed by atoms with Crippen LogP contribution in [0.15, 0.2) is 23.1 Å². The van der Waals surface area contributed by atoms with E-state index in [1.54, 1.807) is 18.2 Å². The van der Waals surface area contributed by atoms with Crippen molar-refractivity contribution in [1.82, 2.24) is 4.72 Å². The minimum atomic E-state index is -3.50. The lowest BCUT2D eigenvalue weighted by atomic mass is 10.1. The van der Waals surface area contributed by atoms with E-state index >= 15 is 0 Å². The lowest BCUT2D eigenvalue weighted by Crippen LogP contribution is -2.27. The van der Waals surface area contributed by atoms with E-state index in [4.69, 9.17) is 0 Å². The van der Waals surface area contributed by atoms with E-state index in [9.17, 15) is 13.5 Å². The van der Waals surface area contributed by atoms with E-state index in [1.807, 2.05) is 6.92 Å². The molecule has 20 heavy (non-hydrogen) atoms. The number of aryl methyl sites for hydroxylation is 1. The molecule has 0 bridgehead atoms. The average molecular weight is 297 g/mol. The number of sulfonamides is 1. The highest BCUT2D eigenvalue weighted by Crippen LogP contribution is 2.51. The van der Waals surface area contributed by atoms with Gasteiger partial charge in [-0.2, -0.15) is 0 Å². The van der Waals surface area contributed by atoms with Crippen LogP contribution in [0.5, 0.6) is 0 Å². The van der Waals surface area contributed by atoms with Gasteiger partial charge in [-0.05, 0) is 41.4 Å². The van der Waals surface area contributed by atoms with Crippen LogP contribution in [0.3, 0.4) is 0 Å². The van der Waals surface area contributed by atoms with E-state index in [0.29, 0.717) is 29.3 Å². The predicted octanol–water partition coefficient (Wildman–Crippen LogP) is 2.07. The molecule has 1 fully saturated rings. The predicted molar refractivity (Wildman–Crippen MR) is 78.8 cm³/mol. The zero-order valence-corrected chi connectivity index (χ0v) is 13.1. The molecule has 1 aromatic carbocycles. The molecule has 1 atom stereocenters. The zero-order chi connectivity index (χ0) is 15.0. The molecule has 0 saturated heterocycles. The fourth-order valence-electron chi connectivity index (χ4n) is 2.45. The molecule has 4 nitrogen and oxygen atoms in total. The van der Waals surface area contributed by atoms with Gasteiger partial charge in [0, 0.05) is 6.54 Å². The van der Waals surface area contributed by atoms with Crippen LogP contribution in [-0.2, 0) is 23.1 Å². The maximum atomic E-state index is 12.4. The van der Waals surface area contributed by atoms with Gasteiger partial charge < -0.3 is 5.11 Å². The Bertz CT molecular complexity index is 593. The fourth-order valence-corrected chi connectivity index (χ4v) is 3.89. The van der Waals surface area contributed by atoms with Gasteiger partial charge in [0.15, 0.2) is 0 Å². The van der Waals surface area contributed by atoms with Gasteiger partial charge in [-0.25, -0.2) is 13.1 Å². The Morgan fingerprint density at radius 3 is 2.55 bits per heavy atom. The Hall–Kier alpha value is -0.910. The van der Waals surface area contributed by atoms with Crippen molar-refractivity contribution in [3.63, 3.8) is 0 Å². The molecule has 1 unspecified atom stereocenters. The second-order valence-electron chi connectivity index (χ2n) is 6.20. The average Bonchev–Trinajstić information content (AvgIpc) is 3.03. The molecule has 1 aliphatic carbocycles. The summed E-state index contributed by atoms with van der Waals surface area (Å²) in [6, 6.07) is 5.11. The SMILES string of the molecule is CCc1ccc(CO)cc1S(=O)(=O)NCC1CC1(C)C. The second kappa shape index (κ2) is 5.47. The zero-order valence-electron chi connectivity index (χ0n) is 12.3. The number of benzene rings is 1. The van der Waals surface area contributed by atoms with Crippen LogP contribution in [0.25, 0.3) is 0 Å². The standard InChI is InChI=1S/C15H23NO3S/c1-4-12-6-5-11(10-17)7-14(12)20(18,19)16-9-13-8-15(13,2)3/h5-7,13,16-17H,4,8-10H2,1-3H3. The van der Waals surface area contributed by atoms with Gasteiger partial charge in [-0.1, -0.05) is 32.9 Å². The summed E-state index contributed by atoms with van der Waals surface area (Å²) in [7, 11) is -3.50. The van der Waals surface area contributed by atoms with Crippen LogP contribution < -0.4 is 4.72 Å². The van der Waals surface area contributed by atoms with Gasteiger partial charge in [0.1, 0.15) is 0 Å². The summed E-state index contributed by atoms with van der Waals surface area (Å²) in [5.41, 5.74) is 1.65.